The molecule has 0 bridgehead atoms. The molecule has 1 fully saturated rings. The number of amides is 1. The van der Waals surface area contributed by atoms with Gasteiger partial charge in [-0.3, -0.25) is 9.20 Å². The number of aryl methyl sites for hydroxylation is 1. The fourth-order valence-corrected chi connectivity index (χ4v) is 3.03. The highest BCUT2D eigenvalue weighted by atomic mass is 16.5. The van der Waals surface area contributed by atoms with Crippen LogP contribution in [0.5, 0.6) is 0 Å². The van der Waals surface area contributed by atoms with E-state index in [-0.39, 0.29) is 5.91 Å². The van der Waals surface area contributed by atoms with E-state index in [2.05, 4.69) is 27.0 Å². The quantitative estimate of drug-likeness (QED) is 0.568. The monoisotopic (exact) mass is 386 g/mol. The number of nitrogens with one attached hydrogen (secondary N) is 1. The van der Waals surface area contributed by atoms with Gasteiger partial charge < -0.3 is 9.84 Å². The molecule has 1 aliphatic rings. The average molecular weight is 386 g/mol. The maximum absolute atomic E-state index is 12.8. The van der Waals surface area contributed by atoms with Gasteiger partial charge in [0.2, 0.25) is 11.7 Å². The summed E-state index contributed by atoms with van der Waals surface area (Å²) in [7, 11) is 0. The van der Waals surface area contributed by atoms with Gasteiger partial charge in [-0.25, -0.2) is 10.2 Å². The van der Waals surface area contributed by atoms with Crippen LogP contribution in [-0.2, 0) is 0 Å². The number of nitrogens with zero attached hydrogens (tertiary/aromatic N) is 5. The molecule has 1 amide bonds. The molecule has 0 radical (unpaired) electrons. The van der Waals surface area contributed by atoms with Crippen LogP contribution in [0, 0.1) is 18.8 Å². The molecule has 1 N–H and O–H groups in total. The van der Waals surface area contributed by atoms with Crippen LogP contribution in [-0.4, -0.2) is 25.4 Å². The van der Waals surface area contributed by atoms with Gasteiger partial charge in [0.1, 0.15) is 11.3 Å². The van der Waals surface area contributed by atoms with Gasteiger partial charge in [-0.15, -0.1) is 0 Å². The lowest BCUT2D eigenvalue weighted by atomic mass is 10.1. The van der Waals surface area contributed by atoms with Gasteiger partial charge in [0.15, 0.2) is 0 Å². The minimum atomic E-state index is -0.222. The van der Waals surface area contributed by atoms with Crippen LogP contribution in [0.3, 0.4) is 0 Å². The van der Waals surface area contributed by atoms with Crippen LogP contribution in [0.15, 0.2) is 53.3 Å². The number of hydrogen-bond acceptors (Lipinski definition) is 6. The van der Waals surface area contributed by atoms with Crippen molar-refractivity contribution in [2.24, 2.45) is 0 Å². The molecule has 8 nitrogen and oxygen atoms in total. The zero-order valence-electron chi connectivity index (χ0n) is 15.7. The first-order chi connectivity index (χ1) is 14.2. The van der Waals surface area contributed by atoms with E-state index in [0.717, 1.165) is 29.6 Å². The number of aromatic nitrogens is 4. The summed E-state index contributed by atoms with van der Waals surface area (Å²) in [5.41, 5.74) is 3.68. The van der Waals surface area contributed by atoms with Gasteiger partial charge in [-0.1, -0.05) is 23.4 Å². The fraction of sp³-hybridized carbons (Fsp3) is 0.190. The van der Waals surface area contributed by atoms with Crippen molar-refractivity contribution in [1.82, 2.24) is 19.5 Å². The standard InChI is InChI=1S/C20H17N5O2.CHN/c1-12-5-6-14(18-23-20(27-24-18)13-7-8-13)10-15(12)22-19(26)16-11-21-17-4-2-3-9-25(16)17;1-2/h2-6,9-11,13H,7-8H2,1H3,(H,22,26);1H. The number of anilines is 1. The van der Waals surface area contributed by atoms with Crippen molar-refractivity contribution in [2.45, 2.75) is 25.7 Å². The highest BCUT2D eigenvalue weighted by Gasteiger charge is 2.29. The van der Waals surface area contributed by atoms with Gasteiger partial charge in [-0.05, 0) is 43.5 Å². The number of imidazole rings is 1. The summed E-state index contributed by atoms with van der Waals surface area (Å²) in [5, 5.41) is 13.5. The molecule has 1 aliphatic carbocycles. The van der Waals surface area contributed by atoms with Crippen LogP contribution >= 0.6 is 0 Å². The SMILES string of the molecule is C#N.Cc1ccc(-c2noc(C3CC3)n2)cc1NC(=O)c1cnc2ccccn12. The van der Waals surface area contributed by atoms with Crippen molar-refractivity contribution in [3.05, 3.63) is 65.9 Å². The zero-order chi connectivity index (χ0) is 20.4. The maximum atomic E-state index is 12.8. The van der Waals surface area contributed by atoms with E-state index in [0.29, 0.717) is 29.0 Å². The number of fused-ring (bicyclic) bond motifs is 1. The first-order valence-electron chi connectivity index (χ1n) is 9.13. The molecule has 0 aliphatic heterocycles. The Labute approximate surface area is 166 Å². The lowest BCUT2D eigenvalue weighted by molar-refractivity contribution is 0.102. The van der Waals surface area contributed by atoms with E-state index < -0.39 is 0 Å². The first-order valence-corrected chi connectivity index (χ1v) is 9.13. The Morgan fingerprint density at radius 1 is 1.28 bits per heavy atom. The van der Waals surface area contributed by atoms with E-state index in [1.165, 1.54) is 0 Å². The molecule has 8 heteroatoms. The number of hydrogen-bond donors (Lipinski definition) is 1. The topological polar surface area (TPSA) is 109 Å². The van der Waals surface area contributed by atoms with Crippen LogP contribution in [0.4, 0.5) is 5.69 Å². The van der Waals surface area contributed by atoms with Crippen molar-refractivity contribution in [3.63, 3.8) is 0 Å². The summed E-state index contributed by atoms with van der Waals surface area (Å²) in [4.78, 5) is 21.5. The Morgan fingerprint density at radius 3 is 2.90 bits per heavy atom. The molecule has 4 aromatic rings. The largest absolute Gasteiger partial charge is 0.339 e. The second kappa shape index (κ2) is 7.56. The molecule has 1 aromatic carbocycles. The molecule has 29 heavy (non-hydrogen) atoms. The van der Waals surface area contributed by atoms with E-state index in [4.69, 9.17) is 9.78 Å². The molecule has 0 spiro atoms. The summed E-state index contributed by atoms with van der Waals surface area (Å²) in [5.74, 6) is 1.43. The summed E-state index contributed by atoms with van der Waals surface area (Å²) in [6.45, 7) is 5.44. The number of rotatable bonds is 4. The molecule has 0 saturated heterocycles. The molecule has 3 aromatic heterocycles. The minimum absolute atomic E-state index is 0.222. The Bertz CT molecular complexity index is 1200. The average Bonchev–Trinajstić information content (AvgIpc) is 3.32. The van der Waals surface area contributed by atoms with Crippen LogP contribution < -0.4 is 5.32 Å². The molecule has 144 valence electrons. The number of benzene rings is 1. The lowest BCUT2D eigenvalue weighted by Gasteiger charge is -2.09. The van der Waals surface area contributed by atoms with E-state index in [1.807, 2.05) is 49.5 Å². The normalized spacial score (nSPS) is 12.9. The molecule has 0 unspecified atom stereocenters. The predicted octanol–water partition coefficient (Wildman–Crippen LogP) is 3.96. The maximum Gasteiger partial charge on any atom is 0.274 e. The summed E-state index contributed by atoms with van der Waals surface area (Å²) >= 11 is 0. The van der Waals surface area contributed by atoms with Crippen molar-refractivity contribution in [3.8, 4) is 18.0 Å². The predicted molar refractivity (Wildman–Crippen MR) is 106 cm³/mol. The van der Waals surface area contributed by atoms with Crippen LogP contribution in [0.1, 0.15) is 40.7 Å². The molecular weight excluding hydrogens is 368 g/mol. The Balaban J connectivity index is 0.000000994. The second-order valence-electron chi connectivity index (χ2n) is 6.79. The van der Waals surface area contributed by atoms with Gasteiger partial charge in [0.05, 0.1) is 6.20 Å². The number of carbonyl (C=O) groups excluding carboxylic acids is 1. The van der Waals surface area contributed by atoms with Gasteiger partial charge in [0, 0.05) is 29.9 Å². The van der Waals surface area contributed by atoms with Gasteiger partial charge in [-0.2, -0.15) is 4.98 Å². The highest BCUT2D eigenvalue weighted by Crippen LogP contribution is 2.39. The molecule has 1 saturated carbocycles. The Kier molecular flexibility index (Phi) is 4.79. The van der Waals surface area contributed by atoms with E-state index in [1.54, 1.807) is 10.6 Å². The second-order valence-corrected chi connectivity index (χ2v) is 6.79. The summed E-state index contributed by atoms with van der Waals surface area (Å²) < 4.78 is 7.10. The van der Waals surface area contributed by atoms with Crippen molar-refractivity contribution >= 4 is 17.2 Å². The highest BCUT2D eigenvalue weighted by molar-refractivity contribution is 6.04. The van der Waals surface area contributed by atoms with Gasteiger partial charge in [0.25, 0.3) is 5.91 Å². The summed E-state index contributed by atoms with van der Waals surface area (Å²) in [6, 6.07) is 11.4. The number of carbonyl (C=O) groups is 1. The van der Waals surface area contributed by atoms with Crippen LogP contribution in [0.25, 0.3) is 17.0 Å². The van der Waals surface area contributed by atoms with Crippen molar-refractivity contribution < 1.29 is 9.32 Å². The third-order valence-electron chi connectivity index (χ3n) is 4.76. The number of nitriles is 1. The Hall–Kier alpha value is -3.99. The zero-order valence-corrected chi connectivity index (χ0v) is 15.7. The van der Waals surface area contributed by atoms with Crippen molar-refractivity contribution in [1.29, 1.82) is 5.26 Å². The minimum Gasteiger partial charge on any atom is -0.339 e. The fourth-order valence-electron chi connectivity index (χ4n) is 3.03. The summed E-state index contributed by atoms with van der Waals surface area (Å²) in [6.07, 6.45) is 5.61. The van der Waals surface area contributed by atoms with Gasteiger partial charge >= 0.3 is 0 Å². The lowest BCUT2D eigenvalue weighted by Crippen LogP contribution is -2.15. The molecule has 0 atom stereocenters. The third-order valence-corrected chi connectivity index (χ3v) is 4.76. The molecule has 3 heterocycles. The van der Waals surface area contributed by atoms with E-state index in [9.17, 15) is 4.79 Å². The third kappa shape index (κ3) is 3.58. The van der Waals surface area contributed by atoms with Crippen LogP contribution in [0.2, 0.25) is 0 Å². The molecular formula is C21H18N6O2. The number of pyridine rings is 1. The Morgan fingerprint density at radius 2 is 2.10 bits per heavy atom. The first kappa shape index (κ1) is 18.4. The van der Waals surface area contributed by atoms with Crippen molar-refractivity contribution in [2.75, 3.05) is 5.32 Å². The van der Waals surface area contributed by atoms with E-state index >= 15 is 0 Å². The molecule has 5 rings (SSSR count). The smallest absolute Gasteiger partial charge is 0.274 e.